The lowest BCUT2D eigenvalue weighted by Crippen LogP contribution is -2.25. The van der Waals surface area contributed by atoms with Gasteiger partial charge in [0.05, 0.1) is 0 Å². The quantitative estimate of drug-likeness (QED) is 0.274. The average molecular weight is 517 g/mol. The van der Waals surface area contributed by atoms with Gasteiger partial charge in [0.2, 0.25) is 0 Å². The van der Waals surface area contributed by atoms with E-state index < -0.39 is 11.6 Å². The van der Waals surface area contributed by atoms with E-state index in [0.717, 1.165) is 42.2 Å². The molecule has 0 atom stereocenters. The van der Waals surface area contributed by atoms with Crippen LogP contribution in [0.3, 0.4) is 0 Å². The Bertz CT molecular complexity index is 1240. The van der Waals surface area contributed by atoms with Crippen molar-refractivity contribution in [3.8, 4) is 22.3 Å². The van der Waals surface area contributed by atoms with Gasteiger partial charge in [-0.15, -0.1) is 6.58 Å². The van der Waals surface area contributed by atoms with Crippen LogP contribution in [0.4, 0.5) is 13.2 Å². The number of aryl methyl sites for hydroxylation is 1. The summed E-state index contributed by atoms with van der Waals surface area (Å²) in [6.45, 7) is 5.91. The van der Waals surface area contributed by atoms with Crippen LogP contribution in [0.2, 0.25) is 0 Å². The topological polar surface area (TPSA) is 0 Å². The van der Waals surface area contributed by atoms with Crippen LogP contribution < -0.4 is 0 Å². The smallest absolute Gasteiger partial charge is 0.166 e. The Morgan fingerprint density at radius 2 is 1.29 bits per heavy atom. The van der Waals surface area contributed by atoms with Gasteiger partial charge >= 0.3 is 0 Å². The Morgan fingerprint density at radius 3 is 1.87 bits per heavy atom. The molecule has 2 fully saturated rings. The second-order valence-electron chi connectivity index (χ2n) is 11.5. The molecule has 0 aliphatic heterocycles. The minimum absolute atomic E-state index is 0.221. The summed E-state index contributed by atoms with van der Waals surface area (Å²) < 4.78 is 44.4. The standard InChI is InChI=1S/C35H39F3/c1-3-5-29-18-21-32(35(38)34(29)37)28-16-14-27(15-17-28)31-20-19-30(22-33(31)36)26-12-10-25(11-13-26)24-8-6-23(4-2)7-9-24/h4,14-26H,2-3,5-13H2,1H3. The highest BCUT2D eigenvalue weighted by Crippen LogP contribution is 2.44. The highest BCUT2D eigenvalue weighted by atomic mass is 19.2. The van der Waals surface area contributed by atoms with Crippen molar-refractivity contribution in [3.63, 3.8) is 0 Å². The fourth-order valence-electron chi connectivity index (χ4n) is 6.90. The normalized spacial score (nSPS) is 23.8. The van der Waals surface area contributed by atoms with Crippen molar-refractivity contribution < 1.29 is 13.2 Å². The molecule has 0 bridgehead atoms. The van der Waals surface area contributed by atoms with Crippen molar-refractivity contribution in [1.29, 1.82) is 0 Å². The molecule has 0 radical (unpaired) electrons. The third-order valence-electron chi connectivity index (χ3n) is 9.24. The first-order chi connectivity index (χ1) is 18.5. The van der Waals surface area contributed by atoms with E-state index in [1.165, 1.54) is 38.5 Å². The van der Waals surface area contributed by atoms with E-state index in [4.69, 9.17) is 0 Å². The zero-order valence-corrected chi connectivity index (χ0v) is 22.5. The number of allylic oxidation sites excluding steroid dienone is 1. The van der Waals surface area contributed by atoms with Crippen molar-refractivity contribution in [2.24, 2.45) is 17.8 Å². The van der Waals surface area contributed by atoms with E-state index in [0.29, 0.717) is 34.9 Å². The second-order valence-corrected chi connectivity index (χ2v) is 11.5. The molecule has 0 N–H and O–H groups in total. The summed E-state index contributed by atoms with van der Waals surface area (Å²) in [5.41, 5.74) is 3.59. The molecule has 3 heteroatoms. The van der Waals surface area contributed by atoms with E-state index in [-0.39, 0.29) is 11.4 Å². The van der Waals surface area contributed by atoms with Crippen LogP contribution in [0, 0.1) is 35.2 Å². The Morgan fingerprint density at radius 1 is 0.711 bits per heavy atom. The van der Waals surface area contributed by atoms with E-state index in [2.05, 4.69) is 18.7 Å². The van der Waals surface area contributed by atoms with E-state index in [1.807, 2.05) is 13.0 Å². The summed E-state index contributed by atoms with van der Waals surface area (Å²) in [4.78, 5) is 0. The molecule has 3 aromatic carbocycles. The molecule has 0 nitrogen and oxygen atoms in total. The Hall–Kier alpha value is -2.81. The molecule has 0 unspecified atom stereocenters. The molecule has 3 aromatic rings. The Balaban J connectivity index is 1.24. The van der Waals surface area contributed by atoms with Crippen LogP contribution in [0.25, 0.3) is 22.3 Å². The Labute approximate surface area is 226 Å². The van der Waals surface area contributed by atoms with E-state index in [1.54, 1.807) is 42.5 Å². The first-order valence-electron chi connectivity index (χ1n) is 14.5. The largest absolute Gasteiger partial charge is 0.206 e. The van der Waals surface area contributed by atoms with Crippen molar-refractivity contribution >= 4 is 0 Å². The molecule has 2 saturated carbocycles. The summed E-state index contributed by atoms with van der Waals surface area (Å²) >= 11 is 0. The van der Waals surface area contributed by atoms with Crippen LogP contribution in [-0.4, -0.2) is 0 Å². The molecule has 0 amide bonds. The Kier molecular flexibility index (Phi) is 8.41. The zero-order valence-electron chi connectivity index (χ0n) is 22.5. The summed E-state index contributed by atoms with van der Waals surface area (Å²) in [7, 11) is 0. The van der Waals surface area contributed by atoms with Gasteiger partial charge in [0.25, 0.3) is 0 Å². The second kappa shape index (κ2) is 11.9. The van der Waals surface area contributed by atoms with Gasteiger partial charge in [-0.05, 0) is 110 Å². The van der Waals surface area contributed by atoms with Crippen molar-refractivity contribution in [2.75, 3.05) is 0 Å². The summed E-state index contributed by atoms with van der Waals surface area (Å²) in [5, 5.41) is 0. The monoisotopic (exact) mass is 516 g/mol. The molecule has 38 heavy (non-hydrogen) atoms. The first-order valence-corrected chi connectivity index (χ1v) is 14.5. The van der Waals surface area contributed by atoms with Crippen molar-refractivity contribution in [2.45, 2.75) is 77.0 Å². The number of hydrogen-bond acceptors (Lipinski definition) is 0. The van der Waals surface area contributed by atoms with Crippen LogP contribution in [-0.2, 0) is 6.42 Å². The minimum atomic E-state index is -0.821. The van der Waals surface area contributed by atoms with Gasteiger partial charge in [-0.1, -0.05) is 68.0 Å². The summed E-state index contributed by atoms with van der Waals surface area (Å²) in [6.07, 6.45) is 13.4. The lowest BCUT2D eigenvalue weighted by Gasteiger charge is -2.37. The summed E-state index contributed by atoms with van der Waals surface area (Å²) in [6, 6.07) is 16.0. The molecule has 0 aromatic heterocycles. The molecular formula is C35H39F3. The molecule has 2 aliphatic rings. The fraction of sp³-hybridized carbons (Fsp3) is 0.429. The molecule has 2 aliphatic carbocycles. The van der Waals surface area contributed by atoms with Gasteiger partial charge in [0.15, 0.2) is 11.6 Å². The molecular weight excluding hydrogens is 477 g/mol. The maximum Gasteiger partial charge on any atom is 0.166 e. The molecule has 0 spiro atoms. The minimum Gasteiger partial charge on any atom is -0.206 e. The molecule has 0 saturated heterocycles. The van der Waals surface area contributed by atoms with Crippen molar-refractivity contribution in [3.05, 3.63) is 95.8 Å². The molecule has 0 heterocycles. The lowest BCUT2D eigenvalue weighted by atomic mass is 9.68. The van der Waals surface area contributed by atoms with Crippen LogP contribution in [0.15, 0.2) is 67.3 Å². The van der Waals surface area contributed by atoms with E-state index in [9.17, 15) is 8.78 Å². The van der Waals surface area contributed by atoms with Gasteiger partial charge in [0.1, 0.15) is 5.82 Å². The zero-order chi connectivity index (χ0) is 26.6. The third kappa shape index (κ3) is 5.63. The highest BCUT2D eigenvalue weighted by molar-refractivity contribution is 5.71. The SMILES string of the molecule is C=CC1CCC(C2CCC(c3ccc(-c4ccc(-c5ccc(CCC)c(F)c5F)cc4)c(F)c3)CC2)CC1. The predicted molar refractivity (Wildman–Crippen MR) is 152 cm³/mol. The van der Waals surface area contributed by atoms with Gasteiger partial charge < -0.3 is 0 Å². The van der Waals surface area contributed by atoms with Gasteiger partial charge in [-0.2, -0.15) is 0 Å². The molecule has 200 valence electrons. The average Bonchev–Trinajstić information content (AvgIpc) is 2.96. The number of benzene rings is 3. The number of hydrogen-bond donors (Lipinski definition) is 0. The van der Waals surface area contributed by atoms with E-state index >= 15 is 4.39 Å². The molecule has 5 rings (SSSR count). The van der Waals surface area contributed by atoms with Gasteiger partial charge in [-0.3, -0.25) is 0 Å². The third-order valence-corrected chi connectivity index (χ3v) is 9.24. The maximum absolute atomic E-state index is 15.3. The lowest BCUT2D eigenvalue weighted by molar-refractivity contribution is 0.171. The van der Waals surface area contributed by atoms with Crippen LogP contribution >= 0.6 is 0 Å². The maximum atomic E-state index is 15.3. The predicted octanol–water partition coefficient (Wildman–Crippen LogP) is 10.7. The summed E-state index contributed by atoms with van der Waals surface area (Å²) in [5.74, 6) is 0.995. The van der Waals surface area contributed by atoms with Gasteiger partial charge in [-0.25, -0.2) is 13.2 Å². The van der Waals surface area contributed by atoms with Crippen molar-refractivity contribution in [1.82, 2.24) is 0 Å². The fourth-order valence-corrected chi connectivity index (χ4v) is 6.90. The first kappa shape index (κ1) is 26.8. The number of halogens is 3. The number of rotatable bonds is 7. The van der Waals surface area contributed by atoms with Crippen LogP contribution in [0.1, 0.15) is 81.8 Å². The van der Waals surface area contributed by atoms with Crippen LogP contribution in [0.5, 0.6) is 0 Å². The highest BCUT2D eigenvalue weighted by Gasteiger charge is 2.31. The van der Waals surface area contributed by atoms with Gasteiger partial charge in [0, 0.05) is 11.1 Å².